The molecule has 20 nitrogen and oxygen atoms in total. The van der Waals surface area contributed by atoms with Gasteiger partial charge in [-0.05, 0) is 133 Å². The molecule has 19 rings (SSSR count). The first-order valence-electron chi connectivity index (χ1n) is 37.5. The second-order valence-corrected chi connectivity index (χ2v) is 29.7. The number of nitrogen functional groups attached to an aromatic ring is 3. The summed E-state index contributed by atoms with van der Waals surface area (Å²) in [5, 5.41) is 9.55. The van der Waals surface area contributed by atoms with E-state index in [1.807, 2.05) is 73.2 Å². The molecule has 0 spiro atoms. The zero-order valence-corrected chi connectivity index (χ0v) is 60.5. The normalized spacial score (nSPS) is 18.3. The lowest BCUT2D eigenvalue weighted by Crippen LogP contribution is -2.43. The number of amides is 1. The molecule has 20 heteroatoms. The maximum Gasteiger partial charge on any atom is 0.216 e. The van der Waals surface area contributed by atoms with Gasteiger partial charge in [0.15, 0.2) is 0 Å². The van der Waals surface area contributed by atoms with Crippen LogP contribution < -0.4 is 27.8 Å². The van der Waals surface area contributed by atoms with Crippen molar-refractivity contribution in [3.8, 4) is 67.5 Å². The molecule has 0 radical (unpaired) electrons. The summed E-state index contributed by atoms with van der Waals surface area (Å²) in [4.78, 5) is 59.3. The van der Waals surface area contributed by atoms with E-state index in [-0.39, 0.29) is 5.91 Å². The van der Waals surface area contributed by atoms with E-state index in [4.69, 9.17) is 47.1 Å². The summed E-state index contributed by atoms with van der Waals surface area (Å²) in [5.41, 5.74) is 36.4. The zero-order valence-electron chi connectivity index (χ0n) is 60.5. The average molecular weight is 1410 g/mol. The predicted octanol–water partition coefficient (Wildman–Crippen LogP) is 15.1. The first kappa shape index (κ1) is 68.3. The smallest absolute Gasteiger partial charge is 0.216 e. The summed E-state index contributed by atoms with van der Waals surface area (Å²) < 4.78 is 6.42. The van der Waals surface area contributed by atoms with Crippen molar-refractivity contribution in [3.63, 3.8) is 0 Å². The Labute approximate surface area is 621 Å². The van der Waals surface area contributed by atoms with Crippen molar-refractivity contribution in [1.29, 1.82) is 0 Å². The fourth-order valence-corrected chi connectivity index (χ4v) is 16.2. The van der Waals surface area contributed by atoms with Crippen molar-refractivity contribution in [2.75, 3.05) is 77.1 Å². The number of pyridine rings is 3. The van der Waals surface area contributed by atoms with Gasteiger partial charge in [0.05, 0.1) is 33.6 Å². The average Bonchev–Trinajstić information content (AvgIpc) is 1.61. The third-order valence-electron chi connectivity index (χ3n) is 21.9. The van der Waals surface area contributed by atoms with E-state index in [1.165, 1.54) is 45.8 Å². The summed E-state index contributed by atoms with van der Waals surface area (Å²) >= 11 is 0. The third kappa shape index (κ3) is 14.1. The minimum absolute atomic E-state index is 0.00471. The number of benzene rings is 6. The van der Waals surface area contributed by atoms with Crippen molar-refractivity contribution >= 4 is 72.6 Å². The fourth-order valence-electron chi connectivity index (χ4n) is 16.2. The first-order chi connectivity index (χ1) is 52.4. The second kappa shape index (κ2) is 29.6. The van der Waals surface area contributed by atoms with Crippen LogP contribution in [0.1, 0.15) is 87.1 Å². The van der Waals surface area contributed by atoms with Gasteiger partial charge in [-0.3, -0.25) is 18.0 Å². The molecule has 1 amide bonds. The van der Waals surface area contributed by atoms with Crippen LogP contribution in [0.2, 0.25) is 0 Å². The van der Waals surface area contributed by atoms with Gasteiger partial charge in [-0.1, -0.05) is 146 Å². The highest BCUT2D eigenvalue weighted by molar-refractivity contribution is 5.94. The highest BCUT2D eigenvalue weighted by atomic mass is 16.1. The molecule has 9 aromatic heterocycles. The summed E-state index contributed by atoms with van der Waals surface area (Å²) in [6.45, 7) is 8.80. The Morgan fingerprint density at radius 3 is 1.16 bits per heavy atom. The number of aromatic nitrogens is 12. The van der Waals surface area contributed by atoms with E-state index < -0.39 is 0 Å². The van der Waals surface area contributed by atoms with Gasteiger partial charge in [-0.15, -0.1) is 0 Å². The molecule has 15 aromatic rings. The number of fused-ring (bicyclic) bond motifs is 6. The van der Waals surface area contributed by atoms with E-state index in [2.05, 4.69) is 190 Å². The summed E-state index contributed by atoms with van der Waals surface area (Å²) in [5.74, 6) is 8.08. The Morgan fingerprint density at radius 2 is 0.804 bits per heavy atom. The Kier molecular flexibility index (Phi) is 18.9. The van der Waals surface area contributed by atoms with Gasteiger partial charge in [0, 0.05) is 138 Å². The number of imidazole rings is 3. The van der Waals surface area contributed by atoms with Crippen molar-refractivity contribution in [3.05, 3.63) is 237 Å². The quantitative estimate of drug-likeness (QED) is 0.0501. The Balaban J connectivity index is 0.000000118. The minimum atomic E-state index is 0.00471. The maximum absolute atomic E-state index is 11.0. The van der Waals surface area contributed by atoms with Gasteiger partial charge in [-0.2, -0.15) is 0 Å². The first-order valence-corrected chi connectivity index (χ1v) is 37.5. The molecule has 3 saturated carbocycles. The van der Waals surface area contributed by atoms with Gasteiger partial charge < -0.3 is 37.6 Å². The Bertz CT molecular complexity index is 5740. The molecule has 4 fully saturated rings. The number of hydrogen-bond acceptors (Lipinski definition) is 16. The highest BCUT2D eigenvalue weighted by Crippen LogP contribution is 2.47. The van der Waals surface area contributed by atoms with Crippen molar-refractivity contribution in [1.82, 2.24) is 78.5 Å². The van der Waals surface area contributed by atoms with Crippen molar-refractivity contribution in [2.24, 2.45) is 17.8 Å². The number of nitrogens with one attached hydrogen (secondary N) is 2. The molecule has 0 bridgehead atoms. The van der Waals surface area contributed by atoms with Crippen molar-refractivity contribution < 1.29 is 4.79 Å². The lowest BCUT2D eigenvalue weighted by Gasteiger charge is -2.41. The second-order valence-electron chi connectivity index (χ2n) is 29.7. The molecule has 3 aliphatic carbocycles. The van der Waals surface area contributed by atoms with Crippen LogP contribution in [0.4, 0.5) is 17.5 Å². The molecule has 4 aliphatic rings. The molecule has 0 atom stereocenters. The number of carbonyl (C=O) groups excluding carboxylic acids is 1. The molecular formula is C87H87N19O. The van der Waals surface area contributed by atoms with E-state index in [0.29, 0.717) is 47.7 Å². The van der Waals surface area contributed by atoms with Crippen LogP contribution in [0.5, 0.6) is 0 Å². The van der Waals surface area contributed by atoms with Gasteiger partial charge in [0.2, 0.25) is 5.91 Å². The number of likely N-dealkylation sites (tertiary alicyclic amines) is 1. The molecule has 10 heterocycles. The van der Waals surface area contributed by atoms with Gasteiger partial charge in [-0.25, -0.2) is 44.9 Å². The number of rotatable bonds is 18. The van der Waals surface area contributed by atoms with Crippen LogP contribution in [0.25, 0.3) is 117 Å². The lowest BCUT2D eigenvalue weighted by molar-refractivity contribution is -0.118. The monoisotopic (exact) mass is 1410 g/mol. The van der Waals surface area contributed by atoms with Gasteiger partial charge >= 0.3 is 0 Å². The molecule has 1 aliphatic heterocycles. The van der Waals surface area contributed by atoms with Crippen LogP contribution in [-0.2, 0) is 4.79 Å². The van der Waals surface area contributed by atoms with Crippen LogP contribution >= 0.6 is 0 Å². The minimum Gasteiger partial charge on any atom is -0.382 e. The van der Waals surface area contributed by atoms with E-state index in [0.717, 1.165) is 191 Å². The third-order valence-corrected chi connectivity index (χ3v) is 21.9. The molecule has 107 heavy (non-hydrogen) atoms. The fraction of sp³-hybridized carbons (Fsp3) is 0.264. The molecular weight excluding hydrogens is 1330 g/mol. The maximum atomic E-state index is 11.0. The van der Waals surface area contributed by atoms with Crippen LogP contribution in [0, 0.1) is 17.8 Å². The number of hydrogen-bond donors (Lipinski definition) is 5. The Hall–Kier alpha value is -11.8. The number of anilines is 3. The SMILES string of the molecule is CC(=O)NCCNCC1CC(c2nc(-c3ccc4ccc(-c5ccccc5)nc4c3)c3c(N)nccn23)C1.CN(C)CC1CC(c2nc(-c3ccc4ccc(-c5ccccc5)nc4c3)c3c(N)nccn23)C1.Nc1nccn2c(C3CC(CN4CCC4)C3)nc(-c3ccc4ccc(-c5ccccc5)nc4c3)c12. The zero-order chi connectivity index (χ0) is 72.7. The van der Waals surface area contributed by atoms with E-state index >= 15 is 0 Å². The molecule has 536 valence electrons. The van der Waals surface area contributed by atoms with Crippen LogP contribution in [0.15, 0.2) is 219 Å². The summed E-state index contributed by atoms with van der Waals surface area (Å²) in [6.07, 6.45) is 19.4. The molecule has 0 unspecified atom stereocenters. The predicted molar refractivity (Wildman–Crippen MR) is 428 cm³/mol. The van der Waals surface area contributed by atoms with Gasteiger partial charge in [0.25, 0.3) is 0 Å². The Morgan fingerprint density at radius 1 is 0.439 bits per heavy atom. The molecule has 1 saturated heterocycles. The van der Waals surface area contributed by atoms with Gasteiger partial charge in [0.1, 0.15) is 68.6 Å². The van der Waals surface area contributed by atoms with E-state index in [1.54, 1.807) is 18.6 Å². The van der Waals surface area contributed by atoms with Crippen LogP contribution in [0.3, 0.4) is 0 Å². The summed E-state index contributed by atoms with van der Waals surface area (Å²) in [6, 6.07) is 62.4. The topological polar surface area (TPSA) is 255 Å². The standard InChI is InChI=1S/C30H31N7O.C29H28N6.C28H28N6/c1-19(38)33-12-11-32-18-20-15-24(16-20)30-36-27(28-29(31)34-13-14-37(28)30)23-8-7-22-9-10-25(35-26(22)17-23)21-5-3-2-4-6-21;30-28-27-26(22-8-7-21-9-10-24(32-25(21)17-22)20-5-2-1-3-6-20)33-29(35(27)14-11-31-28)23-15-19(16-23)18-34-12-4-13-34;1-33(2)17-18-14-22(15-18)28-32-25(26-27(29)30-12-13-34(26)28)21-9-8-20-10-11-23(31-24(20)16-21)19-6-4-3-5-7-19/h2-10,13-14,17,20,24,32H,11-12,15-16,18H2,1H3,(H2,31,34)(H,33,38);1-3,5-11,14,17,19,23H,4,12-13,15-16,18H2,(H2,30,31);3-13,16,18,22H,14-15,17H2,1-2H3,(H2,29,30). The highest BCUT2D eigenvalue weighted by Gasteiger charge is 2.38. The van der Waals surface area contributed by atoms with E-state index in [9.17, 15) is 4.79 Å². The van der Waals surface area contributed by atoms with Crippen molar-refractivity contribution in [2.45, 2.75) is 69.6 Å². The molecule has 6 aromatic carbocycles. The number of carbonyl (C=O) groups is 1. The number of nitrogens with two attached hydrogens (primary N) is 3. The van der Waals surface area contributed by atoms with Crippen LogP contribution in [-0.4, -0.2) is 134 Å². The summed E-state index contributed by atoms with van der Waals surface area (Å²) in [7, 11) is 4.28. The molecule has 8 N–H and O–H groups in total. The largest absolute Gasteiger partial charge is 0.382 e. The lowest BCUT2D eigenvalue weighted by atomic mass is 9.74. The number of nitrogens with zero attached hydrogens (tertiary/aromatic N) is 14.